The highest BCUT2D eigenvalue weighted by atomic mass is 16.4. The lowest BCUT2D eigenvalue weighted by atomic mass is 9.68. The molecule has 0 unspecified atom stereocenters. The zero-order valence-corrected chi connectivity index (χ0v) is 16.0. The van der Waals surface area contributed by atoms with Crippen LogP contribution in [0.2, 0.25) is 0 Å². The first-order valence-electron chi connectivity index (χ1n) is 10.3. The average Bonchev–Trinajstić information content (AvgIpc) is 3.29. The quantitative estimate of drug-likeness (QED) is 0.726. The maximum absolute atomic E-state index is 11.5. The molecule has 0 aromatic heterocycles. The summed E-state index contributed by atoms with van der Waals surface area (Å²) in [5, 5.41) is 13.2. The summed E-state index contributed by atoms with van der Waals surface area (Å²) in [6.07, 6.45) is 3.91. The van der Waals surface area contributed by atoms with E-state index in [2.05, 4.69) is 43.4 Å². The van der Waals surface area contributed by atoms with Crippen molar-refractivity contribution in [1.29, 1.82) is 0 Å². The monoisotopic (exact) mass is 361 g/mol. The summed E-state index contributed by atoms with van der Waals surface area (Å²) in [5.74, 6) is 2.25. The van der Waals surface area contributed by atoms with Gasteiger partial charge in [-0.3, -0.25) is 0 Å². The van der Waals surface area contributed by atoms with Gasteiger partial charge >= 0.3 is 5.97 Å². The van der Waals surface area contributed by atoms with Crippen molar-refractivity contribution in [2.45, 2.75) is 51.0 Å². The van der Waals surface area contributed by atoms with Crippen molar-refractivity contribution in [3.05, 3.63) is 64.7 Å². The fourth-order valence-electron chi connectivity index (χ4n) is 6.04. The van der Waals surface area contributed by atoms with E-state index < -0.39 is 5.97 Å². The molecule has 0 amide bonds. The Labute approximate surface area is 160 Å². The van der Waals surface area contributed by atoms with Gasteiger partial charge < -0.3 is 10.4 Å². The third kappa shape index (κ3) is 2.59. The Kier molecular flexibility index (Phi) is 3.82. The third-order valence-electron chi connectivity index (χ3n) is 7.30. The second-order valence-corrected chi connectivity index (χ2v) is 8.99. The molecule has 0 radical (unpaired) electrons. The van der Waals surface area contributed by atoms with Crippen molar-refractivity contribution < 1.29 is 9.90 Å². The Balaban J connectivity index is 1.57. The van der Waals surface area contributed by atoms with E-state index in [0.717, 1.165) is 11.6 Å². The van der Waals surface area contributed by atoms with E-state index in [0.29, 0.717) is 35.3 Å². The van der Waals surface area contributed by atoms with E-state index in [9.17, 15) is 9.90 Å². The zero-order chi connectivity index (χ0) is 18.7. The fraction of sp³-hybridized carbons (Fsp3) is 0.458. The molecule has 1 aliphatic heterocycles. The van der Waals surface area contributed by atoms with Crippen LogP contribution in [0, 0.1) is 17.8 Å². The Morgan fingerprint density at radius 2 is 1.81 bits per heavy atom. The van der Waals surface area contributed by atoms with Crippen LogP contribution in [0.25, 0.3) is 0 Å². The normalized spacial score (nSPS) is 30.7. The molecule has 3 heteroatoms. The predicted molar refractivity (Wildman–Crippen MR) is 107 cm³/mol. The van der Waals surface area contributed by atoms with Gasteiger partial charge in [-0.2, -0.15) is 0 Å². The van der Waals surface area contributed by atoms with E-state index in [1.165, 1.54) is 36.0 Å². The minimum atomic E-state index is -0.830. The van der Waals surface area contributed by atoms with Crippen molar-refractivity contribution in [2.24, 2.45) is 17.8 Å². The van der Waals surface area contributed by atoms with Crippen molar-refractivity contribution in [3.63, 3.8) is 0 Å². The van der Waals surface area contributed by atoms with Crippen molar-refractivity contribution in [3.8, 4) is 0 Å². The Hall–Kier alpha value is -2.29. The fourth-order valence-corrected chi connectivity index (χ4v) is 6.04. The standard InChI is InChI=1S/C24H27NO2/c1-13(2)14-3-5-15(6-4-14)23-22-17-8-7-16(11-17)21(22)19-12-18(24(26)27)9-10-20(19)25-23/h3-6,9-10,12-13,16-17,21-23,25H,7-8,11H2,1-2H3,(H,26,27)/t16-,17-,21-,22+,23-/m0/s1. The molecule has 0 saturated heterocycles. The van der Waals surface area contributed by atoms with Gasteiger partial charge in [0.05, 0.1) is 11.6 Å². The van der Waals surface area contributed by atoms with Crippen LogP contribution >= 0.6 is 0 Å². The topological polar surface area (TPSA) is 49.3 Å². The summed E-state index contributed by atoms with van der Waals surface area (Å²) < 4.78 is 0. The number of nitrogens with one attached hydrogen (secondary N) is 1. The number of rotatable bonds is 3. The van der Waals surface area contributed by atoms with Crippen molar-refractivity contribution in [1.82, 2.24) is 0 Å². The van der Waals surface area contributed by atoms with E-state index >= 15 is 0 Å². The van der Waals surface area contributed by atoms with E-state index in [4.69, 9.17) is 0 Å². The Bertz CT molecular complexity index is 886. The molecule has 3 nitrogen and oxygen atoms in total. The summed E-state index contributed by atoms with van der Waals surface area (Å²) in [6, 6.07) is 15.1. The van der Waals surface area contributed by atoms with Crippen LogP contribution in [0.1, 0.15) is 78.0 Å². The lowest BCUT2D eigenvalue weighted by Gasteiger charge is -2.43. The van der Waals surface area contributed by atoms with Crippen LogP contribution in [-0.4, -0.2) is 11.1 Å². The molecule has 5 rings (SSSR count). The second-order valence-electron chi connectivity index (χ2n) is 8.99. The van der Waals surface area contributed by atoms with Gasteiger partial charge in [-0.15, -0.1) is 0 Å². The molecule has 2 aromatic carbocycles. The van der Waals surface area contributed by atoms with E-state index in [-0.39, 0.29) is 0 Å². The number of fused-ring (bicyclic) bond motifs is 7. The number of carbonyl (C=O) groups is 1. The number of benzene rings is 2. The molecule has 3 aliphatic rings. The molecular formula is C24H27NO2. The van der Waals surface area contributed by atoms with E-state index in [1.54, 1.807) is 6.07 Å². The molecular weight excluding hydrogens is 334 g/mol. The smallest absolute Gasteiger partial charge is 0.335 e. The highest BCUT2D eigenvalue weighted by Gasteiger charge is 2.53. The van der Waals surface area contributed by atoms with Crippen LogP contribution in [-0.2, 0) is 0 Å². The highest BCUT2D eigenvalue weighted by molar-refractivity contribution is 5.88. The van der Waals surface area contributed by atoms with Gasteiger partial charge in [0.15, 0.2) is 0 Å². The number of aromatic carboxylic acids is 1. The van der Waals surface area contributed by atoms with Gasteiger partial charge in [0.25, 0.3) is 0 Å². The molecule has 2 bridgehead atoms. The summed E-state index contributed by atoms with van der Waals surface area (Å²) in [7, 11) is 0. The molecule has 0 spiro atoms. The zero-order valence-electron chi connectivity index (χ0n) is 16.0. The predicted octanol–water partition coefficient (Wildman–Crippen LogP) is 5.80. The molecule has 2 saturated carbocycles. The third-order valence-corrected chi connectivity index (χ3v) is 7.30. The lowest BCUT2D eigenvalue weighted by molar-refractivity contribution is 0.0696. The number of hydrogen-bond donors (Lipinski definition) is 2. The minimum Gasteiger partial charge on any atom is -0.478 e. The summed E-state index contributed by atoms with van der Waals surface area (Å²) in [5.41, 5.74) is 5.53. The average molecular weight is 361 g/mol. The first-order chi connectivity index (χ1) is 13.0. The van der Waals surface area contributed by atoms with Crippen LogP contribution in [0.5, 0.6) is 0 Å². The van der Waals surface area contributed by atoms with Gasteiger partial charge in [0.1, 0.15) is 0 Å². The highest BCUT2D eigenvalue weighted by Crippen LogP contribution is 2.63. The minimum absolute atomic E-state index is 0.328. The SMILES string of the molecule is CC(C)c1ccc([C@@H]2Nc3ccc(C(=O)O)cc3[C@@H]3[C@H]4CC[C@@H](C4)[C@H]32)cc1. The van der Waals surface area contributed by atoms with Crippen molar-refractivity contribution in [2.75, 3.05) is 5.32 Å². The summed E-state index contributed by atoms with van der Waals surface area (Å²) in [4.78, 5) is 11.5. The first-order valence-corrected chi connectivity index (χ1v) is 10.3. The number of hydrogen-bond acceptors (Lipinski definition) is 2. The van der Waals surface area contributed by atoms with Gasteiger partial charge in [0.2, 0.25) is 0 Å². The Morgan fingerprint density at radius 1 is 1.07 bits per heavy atom. The molecule has 2 fully saturated rings. The first kappa shape index (κ1) is 16.9. The molecule has 2 aliphatic carbocycles. The van der Waals surface area contributed by atoms with Crippen LogP contribution in [0.4, 0.5) is 5.69 Å². The molecule has 27 heavy (non-hydrogen) atoms. The molecule has 1 heterocycles. The maximum atomic E-state index is 11.5. The maximum Gasteiger partial charge on any atom is 0.335 e. The number of carboxylic acid groups (broad SMARTS) is 1. The largest absolute Gasteiger partial charge is 0.478 e. The van der Waals surface area contributed by atoms with Gasteiger partial charge in [-0.1, -0.05) is 38.1 Å². The van der Waals surface area contributed by atoms with E-state index in [1.807, 2.05) is 12.1 Å². The molecule has 2 N–H and O–H groups in total. The Morgan fingerprint density at radius 3 is 2.52 bits per heavy atom. The van der Waals surface area contributed by atoms with Gasteiger partial charge in [0, 0.05) is 5.69 Å². The molecule has 5 atom stereocenters. The molecule has 140 valence electrons. The van der Waals surface area contributed by atoms with Crippen LogP contribution < -0.4 is 5.32 Å². The van der Waals surface area contributed by atoms with Crippen LogP contribution in [0.15, 0.2) is 42.5 Å². The number of anilines is 1. The van der Waals surface area contributed by atoms with Gasteiger partial charge in [-0.25, -0.2) is 4.79 Å². The van der Waals surface area contributed by atoms with Gasteiger partial charge in [-0.05, 0) is 83.7 Å². The summed E-state index contributed by atoms with van der Waals surface area (Å²) in [6.45, 7) is 4.46. The van der Waals surface area contributed by atoms with Crippen molar-refractivity contribution >= 4 is 11.7 Å². The van der Waals surface area contributed by atoms with Crippen LogP contribution in [0.3, 0.4) is 0 Å². The molecule has 2 aromatic rings. The summed E-state index contributed by atoms with van der Waals surface area (Å²) >= 11 is 0. The number of carboxylic acids is 1. The lowest BCUT2D eigenvalue weighted by Crippen LogP contribution is -2.35. The second kappa shape index (κ2) is 6.12.